The van der Waals surface area contributed by atoms with Crippen LogP contribution in [-0.2, 0) is 23.3 Å². The molecule has 0 spiro atoms. The van der Waals surface area contributed by atoms with Gasteiger partial charge < -0.3 is 10.1 Å². The van der Waals surface area contributed by atoms with Crippen LogP contribution in [0.5, 0.6) is 0 Å². The van der Waals surface area contributed by atoms with Crippen LogP contribution in [0.2, 0.25) is 0 Å². The van der Waals surface area contributed by atoms with Crippen LogP contribution in [0.25, 0.3) is 5.32 Å². The van der Waals surface area contributed by atoms with Gasteiger partial charge in [-0.25, -0.2) is 0 Å². The van der Waals surface area contributed by atoms with Gasteiger partial charge in [-0.15, -0.1) is 6.54 Å². The maximum Gasteiger partial charge on any atom is 0.0461 e. The predicted molar refractivity (Wildman–Crippen MR) is 39.9 cm³/mol. The van der Waals surface area contributed by atoms with Gasteiger partial charge in [-0.1, -0.05) is 13.3 Å². The zero-order valence-electron chi connectivity index (χ0n) is 6.84. The summed E-state index contributed by atoms with van der Waals surface area (Å²) in [5.41, 5.74) is 0. The molecular formula is C7H16NOV-. The molecule has 0 saturated heterocycles. The van der Waals surface area contributed by atoms with E-state index in [1.54, 1.807) is 7.11 Å². The fourth-order valence-corrected chi connectivity index (χ4v) is 0.628. The molecular weight excluding hydrogens is 165 g/mol. The third kappa shape index (κ3) is 11.3. The Bertz CT molecular complexity index is 46.9. The van der Waals surface area contributed by atoms with Crippen molar-refractivity contribution in [2.24, 2.45) is 0 Å². The summed E-state index contributed by atoms with van der Waals surface area (Å²) in [7, 11) is 1.73. The van der Waals surface area contributed by atoms with Crippen molar-refractivity contribution < 1.29 is 23.3 Å². The summed E-state index contributed by atoms with van der Waals surface area (Å²) >= 11 is 0. The number of unbranched alkanes of at least 4 members (excludes halogenated alkanes) is 1. The Hall–Kier alpha value is 0.504. The van der Waals surface area contributed by atoms with E-state index in [1.165, 1.54) is 6.42 Å². The molecule has 1 radical (unpaired) electrons. The fourth-order valence-electron chi connectivity index (χ4n) is 0.628. The van der Waals surface area contributed by atoms with E-state index in [9.17, 15) is 0 Å². The number of hydrogen-bond donors (Lipinski definition) is 0. The van der Waals surface area contributed by atoms with Crippen molar-refractivity contribution >= 4 is 0 Å². The van der Waals surface area contributed by atoms with Crippen LogP contribution < -0.4 is 0 Å². The summed E-state index contributed by atoms with van der Waals surface area (Å²) < 4.78 is 4.88. The standard InChI is InChI=1S/C7H16NO.V/c1-3-8-6-4-5-7-9-2;/h3-7H2,1-2H3;/q-1;. The molecule has 0 bridgehead atoms. The average molecular weight is 181 g/mol. The Morgan fingerprint density at radius 1 is 1.30 bits per heavy atom. The van der Waals surface area contributed by atoms with Crippen molar-refractivity contribution in [1.29, 1.82) is 0 Å². The Kier molecular flexibility index (Phi) is 16.0. The van der Waals surface area contributed by atoms with Crippen LogP contribution in [0, 0.1) is 0 Å². The van der Waals surface area contributed by atoms with Gasteiger partial charge >= 0.3 is 0 Å². The van der Waals surface area contributed by atoms with Crippen LogP contribution in [0.15, 0.2) is 0 Å². The number of methoxy groups -OCH3 is 1. The summed E-state index contributed by atoms with van der Waals surface area (Å²) in [5.74, 6) is 0. The second kappa shape index (κ2) is 12.2. The molecule has 0 atom stereocenters. The van der Waals surface area contributed by atoms with Crippen LogP contribution in [-0.4, -0.2) is 26.8 Å². The van der Waals surface area contributed by atoms with Crippen molar-refractivity contribution in [2.75, 3.05) is 26.8 Å². The number of rotatable bonds is 6. The SMILES string of the molecule is CC[N-]CCCCOC.[V]. The van der Waals surface area contributed by atoms with Gasteiger partial charge in [0.05, 0.1) is 0 Å². The smallest absolute Gasteiger partial charge is 0.0461 e. The van der Waals surface area contributed by atoms with Crippen molar-refractivity contribution in [2.45, 2.75) is 19.8 Å². The number of nitrogens with zero attached hydrogens (tertiary/aromatic N) is 1. The Morgan fingerprint density at radius 2 is 2.00 bits per heavy atom. The fraction of sp³-hybridized carbons (Fsp3) is 1.00. The molecule has 2 nitrogen and oxygen atoms in total. The first kappa shape index (κ1) is 13.1. The summed E-state index contributed by atoms with van der Waals surface area (Å²) in [5, 5.41) is 4.19. The number of ether oxygens (including phenoxy) is 1. The first-order chi connectivity index (χ1) is 4.41. The maximum atomic E-state index is 4.88. The molecule has 61 valence electrons. The second-order valence-electron chi connectivity index (χ2n) is 1.96. The van der Waals surface area contributed by atoms with Gasteiger partial charge in [0.15, 0.2) is 0 Å². The van der Waals surface area contributed by atoms with Gasteiger partial charge in [0.1, 0.15) is 0 Å². The zero-order valence-corrected chi connectivity index (χ0v) is 8.23. The van der Waals surface area contributed by atoms with Gasteiger partial charge in [-0.2, -0.15) is 6.54 Å². The molecule has 0 aromatic rings. The molecule has 0 aliphatic rings. The van der Waals surface area contributed by atoms with Crippen molar-refractivity contribution in [3.63, 3.8) is 0 Å². The molecule has 0 aliphatic heterocycles. The molecule has 3 heteroatoms. The maximum absolute atomic E-state index is 4.88. The van der Waals surface area contributed by atoms with Crippen LogP contribution in [0.1, 0.15) is 19.8 Å². The zero-order chi connectivity index (χ0) is 6.95. The van der Waals surface area contributed by atoms with Crippen molar-refractivity contribution in [3.8, 4) is 0 Å². The van der Waals surface area contributed by atoms with Gasteiger partial charge in [0.2, 0.25) is 0 Å². The van der Waals surface area contributed by atoms with E-state index in [2.05, 4.69) is 12.2 Å². The van der Waals surface area contributed by atoms with E-state index in [4.69, 9.17) is 4.74 Å². The molecule has 0 fully saturated rings. The first-order valence-electron chi connectivity index (χ1n) is 3.54. The summed E-state index contributed by atoms with van der Waals surface area (Å²) in [6.45, 7) is 4.89. The van der Waals surface area contributed by atoms with E-state index >= 15 is 0 Å². The van der Waals surface area contributed by atoms with Gasteiger partial charge in [-0.3, -0.25) is 0 Å². The minimum absolute atomic E-state index is 0. The van der Waals surface area contributed by atoms with Crippen LogP contribution in [0.3, 0.4) is 0 Å². The number of hydrogen-bond acceptors (Lipinski definition) is 1. The van der Waals surface area contributed by atoms with E-state index in [-0.39, 0.29) is 18.6 Å². The Morgan fingerprint density at radius 3 is 2.50 bits per heavy atom. The molecule has 10 heavy (non-hydrogen) atoms. The molecule has 0 saturated carbocycles. The normalized spacial score (nSPS) is 9.00. The molecule has 0 amide bonds. The molecule has 0 aliphatic carbocycles. The molecule has 0 unspecified atom stereocenters. The Labute approximate surface area is 75.6 Å². The minimum atomic E-state index is 0. The third-order valence-corrected chi connectivity index (χ3v) is 1.14. The monoisotopic (exact) mass is 181 g/mol. The molecule has 0 aromatic carbocycles. The van der Waals surface area contributed by atoms with Crippen LogP contribution in [0.4, 0.5) is 0 Å². The first-order valence-corrected chi connectivity index (χ1v) is 3.54. The van der Waals surface area contributed by atoms with Gasteiger partial charge in [0.25, 0.3) is 0 Å². The summed E-state index contributed by atoms with van der Waals surface area (Å²) in [6.07, 6.45) is 2.31. The summed E-state index contributed by atoms with van der Waals surface area (Å²) in [6, 6.07) is 0. The Balaban J connectivity index is 0. The van der Waals surface area contributed by atoms with Crippen molar-refractivity contribution in [1.82, 2.24) is 0 Å². The van der Waals surface area contributed by atoms with E-state index in [1.807, 2.05) is 0 Å². The average Bonchev–Trinajstić information content (AvgIpc) is 1.89. The van der Waals surface area contributed by atoms with E-state index in [0.717, 1.165) is 26.1 Å². The van der Waals surface area contributed by atoms with Gasteiger partial charge in [-0.05, 0) is 6.42 Å². The second-order valence-corrected chi connectivity index (χ2v) is 1.96. The molecule has 0 rings (SSSR count). The molecule has 0 heterocycles. The molecule has 0 N–H and O–H groups in total. The van der Waals surface area contributed by atoms with Crippen LogP contribution >= 0.6 is 0 Å². The topological polar surface area (TPSA) is 23.3 Å². The minimum Gasteiger partial charge on any atom is -0.662 e. The quantitative estimate of drug-likeness (QED) is 0.573. The van der Waals surface area contributed by atoms with E-state index in [0.29, 0.717) is 0 Å². The predicted octanol–water partition coefficient (Wildman–Crippen LogP) is 1.80. The van der Waals surface area contributed by atoms with Gasteiger partial charge in [0, 0.05) is 32.3 Å². The largest absolute Gasteiger partial charge is 0.662 e. The summed E-state index contributed by atoms with van der Waals surface area (Å²) in [4.78, 5) is 0. The van der Waals surface area contributed by atoms with Crippen molar-refractivity contribution in [3.05, 3.63) is 5.32 Å². The third-order valence-electron chi connectivity index (χ3n) is 1.14. The van der Waals surface area contributed by atoms with E-state index < -0.39 is 0 Å². The molecule has 0 aromatic heterocycles.